The molecule has 22 heavy (non-hydrogen) atoms. The Hall–Kier alpha value is -1.65. The van der Waals surface area contributed by atoms with Crippen molar-refractivity contribution in [2.75, 3.05) is 13.2 Å². The summed E-state index contributed by atoms with van der Waals surface area (Å²) in [7, 11) is 0. The summed E-state index contributed by atoms with van der Waals surface area (Å²) in [5.41, 5.74) is 3.54. The van der Waals surface area contributed by atoms with Crippen LogP contribution in [0.1, 0.15) is 36.0 Å². The Balaban J connectivity index is 2.03. The third kappa shape index (κ3) is 2.81. The van der Waals surface area contributed by atoms with Gasteiger partial charge in [-0.2, -0.15) is 0 Å². The molecular weight excluding hydrogens is 278 g/mol. The molecule has 2 aromatic rings. The fourth-order valence-electron chi connectivity index (χ4n) is 3.35. The quantitative estimate of drug-likeness (QED) is 0.886. The van der Waals surface area contributed by atoms with Gasteiger partial charge in [0.15, 0.2) is 0 Å². The van der Waals surface area contributed by atoms with Gasteiger partial charge in [0.25, 0.3) is 0 Å². The second-order valence-electron chi connectivity index (χ2n) is 6.28. The Kier molecular flexibility index (Phi) is 4.32. The van der Waals surface area contributed by atoms with Crippen LogP contribution in [0.25, 0.3) is 11.0 Å². The number of rotatable bonds is 3. The Morgan fingerprint density at radius 3 is 2.91 bits per heavy atom. The van der Waals surface area contributed by atoms with Gasteiger partial charge in [0, 0.05) is 24.0 Å². The molecule has 118 valence electrons. The molecule has 0 aliphatic carbocycles. The van der Waals surface area contributed by atoms with E-state index in [-0.39, 0.29) is 18.3 Å². The minimum Gasteiger partial charge on any atom is -0.422 e. The average Bonchev–Trinajstić information content (AvgIpc) is 2.52. The number of hydrogen-bond acceptors (Lipinski definition) is 4. The molecule has 0 spiro atoms. The van der Waals surface area contributed by atoms with Crippen molar-refractivity contribution < 1.29 is 9.52 Å². The first-order valence-corrected chi connectivity index (χ1v) is 7.98. The number of fused-ring (bicyclic) bond motifs is 1. The second-order valence-corrected chi connectivity index (χ2v) is 6.28. The minimum absolute atomic E-state index is 0.178. The van der Waals surface area contributed by atoms with E-state index < -0.39 is 0 Å². The summed E-state index contributed by atoms with van der Waals surface area (Å²) in [4.78, 5) is 14.2. The van der Waals surface area contributed by atoms with Crippen LogP contribution in [-0.4, -0.2) is 29.2 Å². The lowest BCUT2D eigenvalue weighted by Gasteiger charge is -2.34. The molecule has 0 bridgehead atoms. The molecule has 1 atom stereocenters. The van der Waals surface area contributed by atoms with Crippen molar-refractivity contribution >= 4 is 11.0 Å². The zero-order valence-electron chi connectivity index (χ0n) is 13.3. The second kappa shape index (κ2) is 6.23. The topological polar surface area (TPSA) is 53.7 Å². The predicted molar refractivity (Wildman–Crippen MR) is 87.1 cm³/mol. The summed E-state index contributed by atoms with van der Waals surface area (Å²) >= 11 is 0. The maximum Gasteiger partial charge on any atom is 0.336 e. The van der Waals surface area contributed by atoms with Gasteiger partial charge in [-0.3, -0.25) is 4.90 Å². The fraction of sp³-hybridized carbons (Fsp3) is 0.500. The molecule has 3 rings (SSSR count). The molecule has 4 nitrogen and oxygen atoms in total. The van der Waals surface area contributed by atoms with Crippen LogP contribution in [-0.2, 0) is 6.54 Å². The lowest BCUT2D eigenvalue weighted by molar-refractivity contribution is 0.0843. The average molecular weight is 301 g/mol. The fourth-order valence-corrected chi connectivity index (χ4v) is 3.35. The first kappa shape index (κ1) is 15.3. The maximum atomic E-state index is 11.9. The van der Waals surface area contributed by atoms with Crippen LogP contribution in [0.15, 0.2) is 27.4 Å². The number of hydrogen-bond donors (Lipinski definition) is 1. The van der Waals surface area contributed by atoms with Crippen LogP contribution in [0.5, 0.6) is 0 Å². The van der Waals surface area contributed by atoms with Crippen molar-refractivity contribution in [2.45, 2.75) is 45.7 Å². The SMILES string of the molecule is Cc1ccc2c(CN3CCCCC3CO)cc(=O)oc2c1C. The number of aliphatic hydroxyl groups excluding tert-OH is 1. The zero-order valence-corrected chi connectivity index (χ0v) is 13.3. The van der Waals surface area contributed by atoms with Crippen molar-refractivity contribution in [2.24, 2.45) is 0 Å². The van der Waals surface area contributed by atoms with E-state index in [0.29, 0.717) is 12.1 Å². The van der Waals surface area contributed by atoms with E-state index in [0.717, 1.165) is 47.9 Å². The van der Waals surface area contributed by atoms with E-state index in [2.05, 4.69) is 11.0 Å². The summed E-state index contributed by atoms with van der Waals surface area (Å²) < 4.78 is 5.43. The first-order valence-electron chi connectivity index (χ1n) is 7.98. The molecule has 1 aliphatic heterocycles. The molecule has 1 fully saturated rings. The minimum atomic E-state index is -0.297. The van der Waals surface area contributed by atoms with E-state index in [9.17, 15) is 9.90 Å². The van der Waals surface area contributed by atoms with Gasteiger partial charge in [-0.1, -0.05) is 18.6 Å². The van der Waals surface area contributed by atoms with Gasteiger partial charge in [-0.05, 0) is 49.9 Å². The lowest BCUT2D eigenvalue weighted by Crippen LogP contribution is -2.41. The van der Waals surface area contributed by atoms with Crippen molar-refractivity contribution in [3.05, 3.63) is 45.3 Å². The van der Waals surface area contributed by atoms with Crippen molar-refractivity contribution in [3.63, 3.8) is 0 Å². The van der Waals surface area contributed by atoms with Crippen molar-refractivity contribution in [3.8, 4) is 0 Å². The van der Waals surface area contributed by atoms with E-state index in [1.807, 2.05) is 19.9 Å². The number of benzene rings is 1. The van der Waals surface area contributed by atoms with Crippen LogP contribution in [0.3, 0.4) is 0 Å². The standard InChI is InChI=1S/C18H23NO3/c1-12-6-7-16-14(9-17(21)22-18(16)13(12)2)10-19-8-4-3-5-15(19)11-20/h6-7,9,15,20H,3-5,8,10-11H2,1-2H3. The summed E-state index contributed by atoms with van der Waals surface area (Å²) in [6.45, 7) is 5.85. The number of piperidine rings is 1. The van der Waals surface area contributed by atoms with Crippen molar-refractivity contribution in [1.82, 2.24) is 4.90 Å². The van der Waals surface area contributed by atoms with Gasteiger partial charge in [0.05, 0.1) is 6.61 Å². The third-order valence-electron chi connectivity index (χ3n) is 4.85. The number of nitrogens with zero attached hydrogens (tertiary/aromatic N) is 1. The Morgan fingerprint density at radius 1 is 1.32 bits per heavy atom. The smallest absolute Gasteiger partial charge is 0.336 e. The molecule has 1 aliphatic rings. The summed E-state index contributed by atoms with van der Waals surface area (Å²) in [6.07, 6.45) is 3.33. The van der Waals surface area contributed by atoms with E-state index in [1.165, 1.54) is 0 Å². The molecule has 1 saturated heterocycles. The monoisotopic (exact) mass is 301 g/mol. The van der Waals surface area contributed by atoms with Gasteiger partial charge in [0.1, 0.15) is 5.58 Å². The van der Waals surface area contributed by atoms with Gasteiger partial charge in [0.2, 0.25) is 0 Å². The summed E-state index contributed by atoms with van der Waals surface area (Å²) in [6, 6.07) is 5.90. The van der Waals surface area contributed by atoms with Gasteiger partial charge >= 0.3 is 5.63 Å². The Labute approximate surface area is 130 Å². The van der Waals surface area contributed by atoms with Crippen LogP contribution in [0.4, 0.5) is 0 Å². The molecule has 1 aromatic heterocycles. The van der Waals surface area contributed by atoms with E-state index >= 15 is 0 Å². The molecule has 2 heterocycles. The maximum absolute atomic E-state index is 11.9. The third-order valence-corrected chi connectivity index (χ3v) is 4.85. The molecule has 4 heteroatoms. The van der Waals surface area contributed by atoms with Crippen LogP contribution in [0.2, 0.25) is 0 Å². The largest absolute Gasteiger partial charge is 0.422 e. The number of likely N-dealkylation sites (tertiary alicyclic amines) is 1. The lowest BCUT2D eigenvalue weighted by atomic mass is 9.99. The Morgan fingerprint density at radius 2 is 2.14 bits per heavy atom. The molecule has 1 unspecified atom stereocenters. The zero-order chi connectivity index (χ0) is 15.7. The first-order chi connectivity index (χ1) is 10.6. The van der Waals surface area contributed by atoms with Crippen LogP contribution < -0.4 is 5.63 Å². The highest BCUT2D eigenvalue weighted by molar-refractivity contribution is 5.83. The van der Waals surface area contributed by atoms with Gasteiger partial charge < -0.3 is 9.52 Å². The Bertz CT molecular complexity index is 735. The molecule has 1 aromatic carbocycles. The van der Waals surface area contributed by atoms with E-state index in [1.54, 1.807) is 6.07 Å². The molecule has 1 N–H and O–H groups in total. The molecule has 0 amide bonds. The van der Waals surface area contributed by atoms with Crippen LogP contribution >= 0.6 is 0 Å². The highest BCUT2D eigenvalue weighted by Crippen LogP contribution is 2.26. The molecule has 0 radical (unpaired) electrons. The number of aryl methyl sites for hydroxylation is 2. The highest BCUT2D eigenvalue weighted by atomic mass is 16.4. The molecular formula is C18H23NO3. The normalized spacial score (nSPS) is 19.7. The van der Waals surface area contributed by atoms with Crippen LogP contribution in [0, 0.1) is 13.8 Å². The van der Waals surface area contributed by atoms with Crippen molar-refractivity contribution in [1.29, 1.82) is 0 Å². The molecule has 0 saturated carbocycles. The summed E-state index contributed by atoms with van der Waals surface area (Å²) in [5.74, 6) is 0. The summed E-state index contributed by atoms with van der Waals surface area (Å²) in [5, 5.41) is 10.6. The van der Waals surface area contributed by atoms with Gasteiger partial charge in [-0.15, -0.1) is 0 Å². The predicted octanol–water partition coefficient (Wildman–Crippen LogP) is 2.76. The van der Waals surface area contributed by atoms with Gasteiger partial charge in [-0.25, -0.2) is 4.79 Å². The van der Waals surface area contributed by atoms with E-state index in [4.69, 9.17) is 4.42 Å². The highest BCUT2D eigenvalue weighted by Gasteiger charge is 2.22. The number of aliphatic hydroxyl groups is 1.